The van der Waals surface area contributed by atoms with Crippen LogP contribution in [0.2, 0.25) is 0 Å². The second-order valence-electron chi connectivity index (χ2n) is 4.43. The fraction of sp³-hybridized carbons (Fsp3) is 0.538. The Bertz CT molecular complexity index is 422. The van der Waals surface area contributed by atoms with E-state index in [9.17, 15) is 4.79 Å². The fourth-order valence-corrected chi connectivity index (χ4v) is 2.20. The Hall–Kier alpha value is -1.62. The van der Waals surface area contributed by atoms with Crippen LogP contribution in [0.1, 0.15) is 23.2 Å². The average molecular weight is 249 g/mol. The zero-order valence-corrected chi connectivity index (χ0v) is 10.8. The summed E-state index contributed by atoms with van der Waals surface area (Å²) < 4.78 is 5.33. The van der Waals surface area contributed by atoms with Crippen molar-refractivity contribution in [2.24, 2.45) is 0 Å². The topological polar surface area (TPSA) is 54.5 Å². The minimum atomic E-state index is 0.0515. The van der Waals surface area contributed by atoms with E-state index in [0.29, 0.717) is 17.9 Å². The number of nitrogens with one attached hydrogen (secondary N) is 1. The van der Waals surface area contributed by atoms with E-state index in [4.69, 9.17) is 4.74 Å². The number of pyridine rings is 1. The first kappa shape index (κ1) is 12.8. The standard InChI is InChI=1S/C13H19N3O2/c1-14-12-8-10(5-6-15-12)13(17)16-7-3-4-11(9-16)18-2/h5-6,8,11H,3-4,7,9H2,1-2H3,(H,14,15). The van der Waals surface area contributed by atoms with Crippen molar-refractivity contribution in [1.82, 2.24) is 9.88 Å². The number of rotatable bonds is 3. The lowest BCUT2D eigenvalue weighted by atomic mass is 10.1. The van der Waals surface area contributed by atoms with Gasteiger partial charge in [-0.1, -0.05) is 0 Å². The Morgan fingerprint density at radius 2 is 2.44 bits per heavy atom. The number of aromatic nitrogens is 1. The molecule has 1 N–H and O–H groups in total. The van der Waals surface area contributed by atoms with E-state index in [1.807, 2.05) is 4.90 Å². The number of ether oxygens (including phenoxy) is 1. The maximum atomic E-state index is 12.3. The molecule has 0 aromatic carbocycles. The lowest BCUT2D eigenvalue weighted by Crippen LogP contribution is -2.42. The van der Waals surface area contributed by atoms with Gasteiger partial charge in [0.2, 0.25) is 0 Å². The van der Waals surface area contributed by atoms with Crippen molar-refractivity contribution < 1.29 is 9.53 Å². The molecule has 0 aliphatic carbocycles. The van der Waals surface area contributed by atoms with Gasteiger partial charge in [-0.3, -0.25) is 4.79 Å². The smallest absolute Gasteiger partial charge is 0.254 e. The second-order valence-corrected chi connectivity index (χ2v) is 4.43. The molecule has 2 rings (SSSR count). The molecule has 0 spiro atoms. The first-order valence-electron chi connectivity index (χ1n) is 6.20. The normalized spacial score (nSPS) is 19.7. The number of piperidine rings is 1. The minimum absolute atomic E-state index is 0.0515. The van der Waals surface area contributed by atoms with Crippen LogP contribution in [0.5, 0.6) is 0 Å². The number of nitrogens with zero attached hydrogens (tertiary/aromatic N) is 2. The van der Waals surface area contributed by atoms with Gasteiger partial charge in [-0.15, -0.1) is 0 Å². The van der Waals surface area contributed by atoms with E-state index in [2.05, 4.69) is 10.3 Å². The maximum Gasteiger partial charge on any atom is 0.254 e. The van der Waals surface area contributed by atoms with Gasteiger partial charge in [-0.05, 0) is 25.0 Å². The van der Waals surface area contributed by atoms with Gasteiger partial charge in [-0.25, -0.2) is 4.98 Å². The van der Waals surface area contributed by atoms with Crippen LogP contribution >= 0.6 is 0 Å². The van der Waals surface area contributed by atoms with Crippen LogP contribution in [0.15, 0.2) is 18.3 Å². The van der Waals surface area contributed by atoms with Gasteiger partial charge in [0, 0.05) is 39.0 Å². The summed E-state index contributed by atoms with van der Waals surface area (Å²) in [6.45, 7) is 1.47. The van der Waals surface area contributed by atoms with Crippen molar-refractivity contribution in [3.63, 3.8) is 0 Å². The molecule has 1 aliphatic rings. The molecular formula is C13H19N3O2. The molecule has 5 nitrogen and oxygen atoms in total. The third kappa shape index (κ3) is 2.79. The van der Waals surface area contributed by atoms with E-state index in [1.165, 1.54) is 0 Å². The van der Waals surface area contributed by atoms with Crippen LogP contribution in [0, 0.1) is 0 Å². The molecule has 1 atom stereocenters. The number of hydrogen-bond acceptors (Lipinski definition) is 4. The number of hydrogen-bond donors (Lipinski definition) is 1. The molecule has 1 aliphatic heterocycles. The molecule has 2 heterocycles. The van der Waals surface area contributed by atoms with Crippen LogP contribution in [0.4, 0.5) is 5.82 Å². The average Bonchev–Trinajstić information content (AvgIpc) is 2.46. The molecule has 1 aromatic rings. The molecule has 0 saturated carbocycles. The Kier molecular flexibility index (Phi) is 4.15. The predicted octanol–water partition coefficient (Wildman–Crippen LogP) is 1.37. The Labute approximate surface area is 107 Å². The summed E-state index contributed by atoms with van der Waals surface area (Å²) in [5, 5.41) is 2.94. The van der Waals surface area contributed by atoms with E-state index in [-0.39, 0.29) is 12.0 Å². The molecule has 0 bridgehead atoms. The first-order valence-corrected chi connectivity index (χ1v) is 6.20. The van der Waals surface area contributed by atoms with Crippen LogP contribution in [0.25, 0.3) is 0 Å². The monoisotopic (exact) mass is 249 g/mol. The third-order valence-electron chi connectivity index (χ3n) is 3.26. The van der Waals surface area contributed by atoms with Crippen molar-refractivity contribution in [1.29, 1.82) is 0 Å². The van der Waals surface area contributed by atoms with Crippen LogP contribution in [-0.2, 0) is 4.74 Å². The van der Waals surface area contributed by atoms with E-state index < -0.39 is 0 Å². The predicted molar refractivity (Wildman–Crippen MR) is 69.7 cm³/mol. The van der Waals surface area contributed by atoms with Gasteiger partial charge in [0.25, 0.3) is 5.91 Å². The first-order chi connectivity index (χ1) is 8.74. The largest absolute Gasteiger partial charge is 0.380 e. The fourth-order valence-electron chi connectivity index (χ4n) is 2.20. The quantitative estimate of drug-likeness (QED) is 0.879. The maximum absolute atomic E-state index is 12.3. The molecule has 5 heteroatoms. The van der Waals surface area contributed by atoms with E-state index in [1.54, 1.807) is 32.5 Å². The third-order valence-corrected chi connectivity index (χ3v) is 3.26. The SMILES string of the molecule is CNc1cc(C(=O)N2CCCC(OC)C2)ccn1. The van der Waals surface area contributed by atoms with Gasteiger partial charge in [0.15, 0.2) is 0 Å². The van der Waals surface area contributed by atoms with E-state index in [0.717, 1.165) is 19.4 Å². The van der Waals surface area contributed by atoms with Crippen molar-refractivity contribution >= 4 is 11.7 Å². The summed E-state index contributed by atoms with van der Waals surface area (Å²) in [6.07, 6.45) is 3.83. The van der Waals surface area contributed by atoms with Crippen LogP contribution < -0.4 is 5.32 Å². The lowest BCUT2D eigenvalue weighted by molar-refractivity contribution is 0.0269. The molecular weight excluding hydrogens is 230 g/mol. The highest BCUT2D eigenvalue weighted by Crippen LogP contribution is 2.16. The number of anilines is 1. The molecule has 1 aromatic heterocycles. The molecule has 1 amide bonds. The second kappa shape index (κ2) is 5.82. The molecule has 1 fully saturated rings. The van der Waals surface area contributed by atoms with Crippen molar-refractivity contribution in [3.8, 4) is 0 Å². The highest BCUT2D eigenvalue weighted by atomic mass is 16.5. The van der Waals surface area contributed by atoms with Gasteiger partial charge in [0.05, 0.1) is 6.10 Å². The number of methoxy groups -OCH3 is 1. The Morgan fingerprint density at radius 1 is 1.61 bits per heavy atom. The highest BCUT2D eigenvalue weighted by Gasteiger charge is 2.24. The molecule has 1 saturated heterocycles. The summed E-state index contributed by atoms with van der Waals surface area (Å²) in [5.74, 6) is 0.761. The number of carbonyl (C=O) groups is 1. The molecule has 18 heavy (non-hydrogen) atoms. The summed E-state index contributed by atoms with van der Waals surface area (Å²) in [6, 6.07) is 3.53. The zero-order valence-electron chi connectivity index (χ0n) is 10.8. The number of carbonyl (C=O) groups excluding carboxylic acids is 1. The van der Waals surface area contributed by atoms with Gasteiger partial charge >= 0.3 is 0 Å². The van der Waals surface area contributed by atoms with Gasteiger partial charge < -0.3 is 15.0 Å². The van der Waals surface area contributed by atoms with Gasteiger partial charge in [-0.2, -0.15) is 0 Å². The Morgan fingerprint density at radius 3 is 3.17 bits per heavy atom. The van der Waals surface area contributed by atoms with Crippen LogP contribution in [-0.4, -0.2) is 49.1 Å². The van der Waals surface area contributed by atoms with Crippen molar-refractivity contribution in [2.45, 2.75) is 18.9 Å². The molecule has 98 valence electrons. The Balaban J connectivity index is 2.10. The van der Waals surface area contributed by atoms with Crippen molar-refractivity contribution in [2.75, 3.05) is 32.6 Å². The summed E-state index contributed by atoms with van der Waals surface area (Å²) in [4.78, 5) is 18.3. The number of amides is 1. The highest BCUT2D eigenvalue weighted by molar-refractivity contribution is 5.94. The number of likely N-dealkylation sites (tertiary alicyclic amines) is 1. The molecule has 1 unspecified atom stereocenters. The van der Waals surface area contributed by atoms with Crippen LogP contribution in [0.3, 0.4) is 0 Å². The summed E-state index contributed by atoms with van der Waals surface area (Å²) in [5.41, 5.74) is 0.672. The summed E-state index contributed by atoms with van der Waals surface area (Å²) in [7, 11) is 3.49. The van der Waals surface area contributed by atoms with Gasteiger partial charge in [0.1, 0.15) is 5.82 Å². The zero-order chi connectivity index (χ0) is 13.0. The van der Waals surface area contributed by atoms with E-state index >= 15 is 0 Å². The molecule has 0 radical (unpaired) electrons. The summed E-state index contributed by atoms with van der Waals surface area (Å²) >= 11 is 0. The lowest BCUT2D eigenvalue weighted by Gasteiger charge is -2.32. The minimum Gasteiger partial charge on any atom is -0.380 e. The van der Waals surface area contributed by atoms with Crippen molar-refractivity contribution in [3.05, 3.63) is 23.9 Å².